The van der Waals surface area contributed by atoms with E-state index in [0.29, 0.717) is 11.6 Å². The van der Waals surface area contributed by atoms with E-state index in [1.54, 1.807) is 0 Å². The van der Waals surface area contributed by atoms with Crippen molar-refractivity contribution < 1.29 is 13.2 Å². The van der Waals surface area contributed by atoms with Gasteiger partial charge in [-0.3, -0.25) is 4.79 Å². The van der Waals surface area contributed by atoms with Gasteiger partial charge in [0.05, 0.1) is 17.5 Å². The molecule has 0 saturated carbocycles. The number of hydrogen-bond donors (Lipinski definition) is 0. The molecule has 2 aliphatic rings. The van der Waals surface area contributed by atoms with E-state index in [1.165, 1.54) is 11.8 Å². The lowest BCUT2D eigenvalue weighted by Gasteiger charge is -2.24. The molecule has 8 heteroatoms. The van der Waals surface area contributed by atoms with Crippen LogP contribution in [-0.4, -0.2) is 42.3 Å². The third-order valence-corrected chi connectivity index (χ3v) is 8.00. The summed E-state index contributed by atoms with van der Waals surface area (Å²) in [5.74, 6) is 0.154. The summed E-state index contributed by atoms with van der Waals surface area (Å²) in [5, 5.41) is 0.591. The molecule has 1 amide bonds. The van der Waals surface area contributed by atoms with E-state index < -0.39 is 9.84 Å². The van der Waals surface area contributed by atoms with Crippen LogP contribution < -0.4 is 4.90 Å². The van der Waals surface area contributed by atoms with Gasteiger partial charge in [0, 0.05) is 20.9 Å². The zero-order valence-electron chi connectivity index (χ0n) is 13.3. The molecule has 0 spiro atoms. The van der Waals surface area contributed by atoms with Crippen LogP contribution in [0.25, 0.3) is 0 Å². The van der Waals surface area contributed by atoms with Crippen LogP contribution in [0.4, 0.5) is 5.69 Å². The number of amidine groups is 1. The van der Waals surface area contributed by atoms with E-state index in [4.69, 9.17) is 0 Å². The average Bonchev–Trinajstić information content (AvgIpc) is 2.96. The largest absolute Gasteiger partial charge is 0.316 e. The van der Waals surface area contributed by atoms with Crippen molar-refractivity contribution in [2.75, 3.05) is 16.4 Å². The second-order valence-electron chi connectivity index (χ2n) is 6.04. The first-order valence-corrected chi connectivity index (χ1v) is 11.7. The van der Waals surface area contributed by atoms with Crippen molar-refractivity contribution in [1.29, 1.82) is 0 Å². The van der Waals surface area contributed by atoms with Gasteiger partial charge in [-0.25, -0.2) is 8.42 Å². The van der Waals surface area contributed by atoms with Gasteiger partial charge in [-0.15, -0.1) is 0 Å². The number of aliphatic imine (C=N–C) groups is 1. The molecule has 2 heterocycles. The Kier molecular flexibility index (Phi) is 5.55. The third-order valence-electron chi connectivity index (χ3n) is 4.12. The number of fused-ring (bicyclic) bond motifs is 1. The molecule has 0 radical (unpaired) electrons. The molecule has 0 unspecified atom stereocenters. The van der Waals surface area contributed by atoms with Gasteiger partial charge in [-0.1, -0.05) is 31.2 Å². The Balaban J connectivity index is 1.94. The zero-order valence-corrected chi connectivity index (χ0v) is 17.1. The molecule has 0 aromatic heterocycles. The van der Waals surface area contributed by atoms with Crippen LogP contribution in [0.2, 0.25) is 0 Å². The van der Waals surface area contributed by atoms with Gasteiger partial charge in [0.25, 0.3) is 0 Å². The fourth-order valence-electron chi connectivity index (χ4n) is 2.98. The number of amides is 1. The Morgan fingerprint density at radius 3 is 2.92 bits per heavy atom. The summed E-state index contributed by atoms with van der Waals surface area (Å²) >= 11 is 3.66. The predicted molar refractivity (Wildman–Crippen MR) is 107 cm³/mol. The minimum atomic E-state index is -3.03. The van der Waals surface area contributed by atoms with E-state index in [0.717, 1.165) is 22.1 Å². The van der Waals surface area contributed by atoms with Crippen LogP contribution in [-0.2, 0) is 14.6 Å². The van der Waals surface area contributed by atoms with Crippen molar-refractivity contribution in [2.24, 2.45) is 4.99 Å². The summed E-state index contributed by atoms with van der Waals surface area (Å²) in [4.78, 5) is 18.4. The monoisotopic (exact) mass is 478 g/mol. The smallest absolute Gasteiger partial charge is 0.248 e. The zero-order chi connectivity index (χ0) is 17.3. The summed E-state index contributed by atoms with van der Waals surface area (Å²) in [7, 11) is -3.03. The first kappa shape index (κ1) is 18.2. The molecule has 130 valence electrons. The summed E-state index contributed by atoms with van der Waals surface area (Å²) < 4.78 is 25.1. The van der Waals surface area contributed by atoms with Crippen molar-refractivity contribution in [3.05, 3.63) is 27.8 Å². The summed E-state index contributed by atoms with van der Waals surface area (Å²) in [6, 6.07) is 7.73. The molecule has 3 rings (SSSR count). The number of anilines is 1. The van der Waals surface area contributed by atoms with Crippen molar-refractivity contribution in [3.63, 3.8) is 0 Å². The second-order valence-corrected chi connectivity index (χ2v) is 10.6. The van der Waals surface area contributed by atoms with Crippen molar-refractivity contribution in [2.45, 2.75) is 37.5 Å². The van der Waals surface area contributed by atoms with Gasteiger partial charge >= 0.3 is 0 Å². The maximum absolute atomic E-state index is 12.1. The maximum Gasteiger partial charge on any atom is 0.248 e. The lowest BCUT2D eigenvalue weighted by atomic mass is 10.2. The molecule has 2 fully saturated rings. The predicted octanol–water partition coefficient (Wildman–Crippen LogP) is 3.08. The number of rotatable bonds is 4. The van der Waals surface area contributed by atoms with Gasteiger partial charge in [0.2, 0.25) is 5.91 Å². The van der Waals surface area contributed by atoms with Crippen LogP contribution in [0, 0.1) is 3.57 Å². The number of carbonyl (C=O) groups excluding carboxylic acids is 1. The highest BCUT2D eigenvalue weighted by Crippen LogP contribution is 2.41. The Hall–Kier alpha value is -0.610. The van der Waals surface area contributed by atoms with Crippen LogP contribution >= 0.6 is 34.4 Å². The molecular weight excluding hydrogens is 459 g/mol. The minimum absolute atomic E-state index is 0.0504. The highest BCUT2D eigenvalue weighted by atomic mass is 127. The molecule has 0 bridgehead atoms. The minimum Gasteiger partial charge on any atom is -0.316 e. The van der Waals surface area contributed by atoms with Gasteiger partial charge in [0.1, 0.15) is 0 Å². The highest BCUT2D eigenvalue weighted by Gasteiger charge is 2.49. The molecule has 2 atom stereocenters. The molecular formula is C16H19IN2O3S2. The Morgan fingerprint density at radius 2 is 2.21 bits per heavy atom. The summed E-state index contributed by atoms with van der Waals surface area (Å²) in [6.07, 6.45) is 2.22. The standard InChI is InChI=1S/C16H19IN2O3S2/c1-2-3-7-15(20)18-16-19(12-6-4-5-11(17)8-12)13-9-24(21,22)10-14(13)23-16/h4-6,8,13-14H,2-3,7,9-10H2,1H3/t13-,14+/m0/s1. The number of hydrogen-bond acceptors (Lipinski definition) is 4. The maximum atomic E-state index is 12.1. The molecule has 2 aliphatic heterocycles. The number of thioether (sulfide) groups is 1. The molecule has 5 nitrogen and oxygen atoms in total. The van der Waals surface area contributed by atoms with E-state index in [9.17, 15) is 13.2 Å². The number of halogens is 1. The van der Waals surface area contributed by atoms with E-state index in [2.05, 4.69) is 27.6 Å². The topological polar surface area (TPSA) is 66.8 Å². The van der Waals surface area contributed by atoms with Crippen molar-refractivity contribution >= 4 is 61.0 Å². The average molecular weight is 478 g/mol. The van der Waals surface area contributed by atoms with E-state index in [-0.39, 0.29) is 28.7 Å². The van der Waals surface area contributed by atoms with E-state index >= 15 is 0 Å². The molecule has 2 saturated heterocycles. The van der Waals surface area contributed by atoms with Crippen LogP contribution in [0.5, 0.6) is 0 Å². The normalized spacial score (nSPS) is 26.8. The summed E-state index contributed by atoms with van der Waals surface area (Å²) in [6.45, 7) is 2.04. The molecule has 1 aromatic carbocycles. The van der Waals surface area contributed by atoms with Gasteiger partial charge in [0.15, 0.2) is 15.0 Å². The van der Waals surface area contributed by atoms with Gasteiger partial charge in [-0.2, -0.15) is 4.99 Å². The highest BCUT2D eigenvalue weighted by molar-refractivity contribution is 14.1. The van der Waals surface area contributed by atoms with Gasteiger partial charge < -0.3 is 4.90 Å². The number of carbonyl (C=O) groups is 1. The quantitative estimate of drug-likeness (QED) is 0.623. The van der Waals surface area contributed by atoms with Gasteiger partial charge in [-0.05, 0) is 47.2 Å². The van der Waals surface area contributed by atoms with Crippen LogP contribution in [0.1, 0.15) is 26.2 Å². The fraction of sp³-hybridized carbons (Fsp3) is 0.500. The Labute approximate surface area is 160 Å². The molecule has 0 N–H and O–H groups in total. The van der Waals surface area contributed by atoms with Crippen LogP contribution in [0.3, 0.4) is 0 Å². The lowest BCUT2D eigenvalue weighted by molar-refractivity contribution is -0.117. The molecule has 0 aliphatic carbocycles. The lowest BCUT2D eigenvalue weighted by Crippen LogP contribution is -2.37. The number of unbranched alkanes of at least 4 members (excludes halogenated alkanes) is 1. The third kappa shape index (κ3) is 3.96. The SMILES string of the molecule is CCCCC(=O)N=C1S[C@@H]2CS(=O)(=O)C[C@@H]2N1c1cccc(I)c1. The first-order valence-electron chi connectivity index (χ1n) is 7.93. The Morgan fingerprint density at radius 1 is 1.42 bits per heavy atom. The van der Waals surface area contributed by atoms with Crippen LogP contribution in [0.15, 0.2) is 29.3 Å². The number of nitrogens with zero attached hydrogens (tertiary/aromatic N) is 2. The van der Waals surface area contributed by atoms with Crippen molar-refractivity contribution in [3.8, 4) is 0 Å². The first-order chi connectivity index (χ1) is 11.4. The van der Waals surface area contributed by atoms with E-state index in [1.807, 2.05) is 36.1 Å². The molecule has 24 heavy (non-hydrogen) atoms. The molecule has 1 aromatic rings. The Bertz CT molecular complexity index is 779. The van der Waals surface area contributed by atoms with Crippen molar-refractivity contribution in [1.82, 2.24) is 0 Å². The summed E-state index contributed by atoms with van der Waals surface area (Å²) in [5.41, 5.74) is 0.904. The fourth-order valence-corrected chi connectivity index (χ4v) is 7.44. The second kappa shape index (κ2) is 7.33. The number of benzene rings is 1. The number of sulfone groups is 1.